The normalized spacial score (nSPS) is 12.6. The number of nitrogens with one attached hydrogen (secondary N) is 2. The molecular weight excluding hydrogens is 595 g/mol. The lowest BCUT2D eigenvalue weighted by Crippen LogP contribution is -2.36. The van der Waals surface area contributed by atoms with E-state index in [0.29, 0.717) is 29.8 Å². The molecular formula is C32H34F3N3O5S. The summed E-state index contributed by atoms with van der Waals surface area (Å²) in [6, 6.07) is 16.0. The number of aryl methyl sites for hydroxylation is 2. The Morgan fingerprint density at radius 3 is 2.27 bits per heavy atom. The number of benzene rings is 3. The fourth-order valence-electron chi connectivity index (χ4n) is 5.06. The van der Waals surface area contributed by atoms with Crippen LogP contribution in [0.2, 0.25) is 0 Å². The minimum atomic E-state index is -4.40. The first-order valence-electron chi connectivity index (χ1n) is 14.0. The van der Waals surface area contributed by atoms with Crippen molar-refractivity contribution in [2.45, 2.75) is 51.2 Å². The fraction of sp³-hybridized carbons (Fsp3) is 0.312. The number of ether oxygens (including phenoxy) is 1. The SMILES string of the molecule is CC[C@@H](CNC(=O)c1ccc2c(c1)c(Cc1ccc(C(=O)NS(=O)(=O)c3ccccc3C)cc1OC)cn2CC)C(F)(F)F. The first-order chi connectivity index (χ1) is 20.8. The molecule has 0 unspecified atom stereocenters. The van der Waals surface area contributed by atoms with Gasteiger partial charge in [-0.15, -0.1) is 0 Å². The van der Waals surface area contributed by atoms with E-state index in [-0.39, 0.29) is 22.4 Å². The van der Waals surface area contributed by atoms with Crippen LogP contribution < -0.4 is 14.8 Å². The highest BCUT2D eigenvalue weighted by Gasteiger charge is 2.38. The zero-order valence-electron chi connectivity index (χ0n) is 24.8. The summed E-state index contributed by atoms with van der Waals surface area (Å²) < 4.78 is 74.8. The van der Waals surface area contributed by atoms with Crippen molar-refractivity contribution in [1.82, 2.24) is 14.6 Å². The van der Waals surface area contributed by atoms with E-state index >= 15 is 0 Å². The molecule has 12 heteroatoms. The number of aromatic nitrogens is 1. The zero-order chi connectivity index (χ0) is 32.2. The Kier molecular flexibility index (Phi) is 9.72. The lowest BCUT2D eigenvalue weighted by Gasteiger charge is -2.19. The number of fused-ring (bicyclic) bond motifs is 1. The predicted molar refractivity (Wildman–Crippen MR) is 161 cm³/mol. The summed E-state index contributed by atoms with van der Waals surface area (Å²) in [6.45, 7) is 5.15. The average molecular weight is 630 g/mol. The summed E-state index contributed by atoms with van der Waals surface area (Å²) in [5, 5.41) is 3.16. The molecule has 0 bridgehead atoms. The molecule has 1 heterocycles. The molecule has 1 atom stereocenters. The third-order valence-electron chi connectivity index (χ3n) is 7.57. The largest absolute Gasteiger partial charge is 0.496 e. The van der Waals surface area contributed by atoms with Gasteiger partial charge in [-0.2, -0.15) is 13.2 Å². The number of methoxy groups -OCH3 is 1. The molecule has 4 aromatic rings. The Morgan fingerprint density at radius 2 is 1.64 bits per heavy atom. The molecule has 44 heavy (non-hydrogen) atoms. The minimum Gasteiger partial charge on any atom is -0.496 e. The number of hydrogen-bond acceptors (Lipinski definition) is 5. The second-order valence-corrected chi connectivity index (χ2v) is 12.1. The molecule has 0 saturated carbocycles. The second-order valence-electron chi connectivity index (χ2n) is 10.4. The Labute approximate surface area is 254 Å². The number of nitrogens with zero attached hydrogens (tertiary/aromatic N) is 1. The maximum absolute atomic E-state index is 13.2. The maximum atomic E-state index is 13.2. The Morgan fingerprint density at radius 1 is 0.955 bits per heavy atom. The molecule has 0 aliphatic heterocycles. The van der Waals surface area contributed by atoms with E-state index in [0.717, 1.165) is 16.5 Å². The van der Waals surface area contributed by atoms with Crippen LogP contribution in [0.1, 0.15) is 57.7 Å². The first-order valence-corrected chi connectivity index (χ1v) is 15.5. The van der Waals surface area contributed by atoms with Crippen molar-refractivity contribution in [2.75, 3.05) is 13.7 Å². The summed E-state index contributed by atoms with van der Waals surface area (Å²) in [5.41, 5.74) is 3.19. The van der Waals surface area contributed by atoms with Crippen molar-refractivity contribution >= 4 is 32.7 Å². The lowest BCUT2D eigenvalue weighted by atomic mass is 10.0. The van der Waals surface area contributed by atoms with Crippen molar-refractivity contribution in [3.63, 3.8) is 0 Å². The zero-order valence-corrected chi connectivity index (χ0v) is 25.6. The second kappa shape index (κ2) is 13.1. The van der Waals surface area contributed by atoms with E-state index in [1.807, 2.05) is 17.7 Å². The quantitative estimate of drug-likeness (QED) is 0.212. The number of amides is 2. The van der Waals surface area contributed by atoms with Gasteiger partial charge in [-0.3, -0.25) is 9.59 Å². The smallest absolute Gasteiger partial charge is 0.393 e. The summed E-state index contributed by atoms with van der Waals surface area (Å²) in [6.07, 6.45) is -2.27. The van der Waals surface area contributed by atoms with Gasteiger partial charge in [0.2, 0.25) is 0 Å². The van der Waals surface area contributed by atoms with Crippen LogP contribution in [-0.2, 0) is 23.0 Å². The van der Waals surface area contributed by atoms with E-state index in [9.17, 15) is 31.2 Å². The molecule has 0 fully saturated rings. The van der Waals surface area contributed by atoms with Crippen molar-refractivity contribution in [3.05, 3.63) is 94.7 Å². The van der Waals surface area contributed by atoms with E-state index in [1.54, 1.807) is 49.4 Å². The van der Waals surface area contributed by atoms with Crippen LogP contribution >= 0.6 is 0 Å². The molecule has 3 aromatic carbocycles. The standard InChI is InChI=1S/C32H34F3N3O5S/c1-5-25(32(33,34)35)18-36-30(39)22-13-14-27-26(16-22)24(19-38(27)6-2)15-21-11-12-23(17-28(21)43-4)31(40)37-44(41,42)29-10-8-7-9-20(29)3/h7-14,16-17,19,25H,5-6,15,18H2,1-4H3,(H,36,39)(H,37,40)/t25-/m0/s1. The van der Waals surface area contributed by atoms with Gasteiger partial charge in [0.25, 0.3) is 21.8 Å². The highest BCUT2D eigenvalue weighted by Crippen LogP contribution is 2.30. The van der Waals surface area contributed by atoms with Crippen LogP contribution in [0.5, 0.6) is 5.75 Å². The highest BCUT2D eigenvalue weighted by atomic mass is 32.2. The molecule has 234 valence electrons. The lowest BCUT2D eigenvalue weighted by molar-refractivity contribution is -0.173. The molecule has 4 rings (SSSR count). The Bertz CT molecular complexity index is 1800. The average Bonchev–Trinajstić information content (AvgIpc) is 3.33. The van der Waals surface area contributed by atoms with Crippen LogP contribution in [-0.4, -0.2) is 44.6 Å². The summed E-state index contributed by atoms with van der Waals surface area (Å²) in [4.78, 5) is 25.7. The number of carbonyl (C=O) groups is 2. The van der Waals surface area contributed by atoms with E-state index in [4.69, 9.17) is 4.74 Å². The third-order valence-corrected chi connectivity index (χ3v) is 9.06. The van der Waals surface area contributed by atoms with Gasteiger partial charge in [0, 0.05) is 47.7 Å². The van der Waals surface area contributed by atoms with Crippen molar-refractivity contribution in [3.8, 4) is 5.75 Å². The first kappa shape index (κ1) is 32.6. The molecule has 0 aliphatic rings. The van der Waals surface area contributed by atoms with Crippen molar-refractivity contribution in [1.29, 1.82) is 0 Å². The van der Waals surface area contributed by atoms with Gasteiger partial charge in [0.05, 0.1) is 17.9 Å². The van der Waals surface area contributed by atoms with Gasteiger partial charge in [0.15, 0.2) is 0 Å². The van der Waals surface area contributed by atoms with Crippen LogP contribution in [0.15, 0.2) is 71.8 Å². The molecule has 2 amide bonds. The highest BCUT2D eigenvalue weighted by molar-refractivity contribution is 7.90. The van der Waals surface area contributed by atoms with E-state index < -0.39 is 40.5 Å². The number of alkyl halides is 3. The van der Waals surface area contributed by atoms with E-state index in [2.05, 4.69) is 10.0 Å². The van der Waals surface area contributed by atoms with Crippen molar-refractivity contribution in [2.24, 2.45) is 5.92 Å². The van der Waals surface area contributed by atoms with Crippen LogP contribution in [0, 0.1) is 12.8 Å². The maximum Gasteiger partial charge on any atom is 0.393 e. The molecule has 0 radical (unpaired) electrons. The number of sulfonamides is 1. The van der Waals surface area contributed by atoms with Crippen molar-refractivity contribution < 1.29 is 35.9 Å². The van der Waals surface area contributed by atoms with Gasteiger partial charge in [-0.1, -0.05) is 31.2 Å². The van der Waals surface area contributed by atoms with Crippen LogP contribution in [0.4, 0.5) is 13.2 Å². The molecule has 0 spiro atoms. The number of hydrogen-bond donors (Lipinski definition) is 2. The minimum absolute atomic E-state index is 0.00262. The van der Waals surface area contributed by atoms with Crippen LogP contribution in [0.3, 0.4) is 0 Å². The number of carbonyl (C=O) groups excluding carboxylic acids is 2. The fourth-order valence-corrected chi connectivity index (χ4v) is 6.28. The van der Waals surface area contributed by atoms with Gasteiger partial charge in [-0.05, 0) is 73.4 Å². The molecule has 2 N–H and O–H groups in total. The van der Waals surface area contributed by atoms with Gasteiger partial charge in [0.1, 0.15) is 5.75 Å². The van der Waals surface area contributed by atoms with Gasteiger partial charge >= 0.3 is 6.18 Å². The molecule has 0 aliphatic carbocycles. The Balaban J connectivity index is 1.59. The monoisotopic (exact) mass is 629 g/mol. The summed E-state index contributed by atoms with van der Waals surface area (Å²) in [7, 11) is -2.66. The summed E-state index contributed by atoms with van der Waals surface area (Å²) >= 11 is 0. The molecule has 8 nitrogen and oxygen atoms in total. The van der Waals surface area contributed by atoms with E-state index in [1.165, 1.54) is 32.2 Å². The van der Waals surface area contributed by atoms with Gasteiger partial charge in [-0.25, -0.2) is 13.1 Å². The topological polar surface area (TPSA) is 106 Å². The Hall–Kier alpha value is -4.32. The number of rotatable bonds is 11. The van der Waals surface area contributed by atoms with Gasteiger partial charge < -0.3 is 14.6 Å². The third kappa shape index (κ3) is 7.07. The number of halogens is 3. The van der Waals surface area contributed by atoms with Crippen LogP contribution in [0.25, 0.3) is 10.9 Å². The predicted octanol–water partition coefficient (Wildman–Crippen LogP) is 6.01. The summed E-state index contributed by atoms with van der Waals surface area (Å²) in [5.74, 6) is -2.69. The molecule has 1 aromatic heterocycles. The molecule has 0 saturated heterocycles.